The Morgan fingerprint density at radius 2 is 2.09 bits per heavy atom. The Hall–Kier alpha value is -0.570. The Balaban J connectivity index is 2.67. The second-order valence-electron chi connectivity index (χ2n) is 3.85. The monoisotopic (exact) mass is 158 g/mol. The lowest BCUT2D eigenvalue weighted by molar-refractivity contribution is -0.911. The van der Waals surface area contributed by atoms with Crippen LogP contribution in [0.1, 0.15) is 19.3 Å². The largest absolute Gasteiger partial charge is 0.477 e. The van der Waals surface area contributed by atoms with Crippen molar-refractivity contribution in [2.45, 2.75) is 25.3 Å². The molecular formula is C8H16NO2+. The molecule has 0 bridgehead atoms. The lowest BCUT2D eigenvalue weighted by Crippen LogP contribution is -2.55. The fourth-order valence-corrected chi connectivity index (χ4v) is 1.78. The molecule has 0 aliphatic carbocycles. The number of hydrogen-bond acceptors (Lipinski definition) is 1. The van der Waals surface area contributed by atoms with Gasteiger partial charge in [0.15, 0.2) is 6.04 Å². The zero-order valence-electron chi connectivity index (χ0n) is 7.21. The van der Waals surface area contributed by atoms with Crippen molar-refractivity contribution < 1.29 is 14.4 Å². The van der Waals surface area contributed by atoms with E-state index < -0.39 is 5.97 Å². The summed E-state index contributed by atoms with van der Waals surface area (Å²) in [5.41, 5.74) is 0. The lowest BCUT2D eigenvalue weighted by Gasteiger charge is -2.38. The second kappa shape index (κ2) is 2.81. The number of hydrogen-bond donors (Lipinski definition) is 1. The summed E-state index contributed by atoms with van der Waals surface area (Å²) in [6.45, 7) is 0.997. The third kappa shape index (κ3) is 1.71. The van der Waals surface area contributed by atoms with Crippen LogP contribution < -0.4 is 0 Å². The van der Waals surface area contributed by atoms with Crippen LogP contribution in [0.25, 0.3) is 0 Å². The number of quaternary nitrogens is 1. The topological polar surface area (TPSA) is 37.3 Å². The quantitative estimate of drug-likeness (QED) is 0.570. The Bertz CT molecular complexity index is 165. The molecule has 1 rings (SSSR count). The SMILES string of the molecule is C[N+]1(C)CCCC[C@@H]1C(=O)O. The minimum Gasteiger partial charge on any atom is -0.477 e. The third-order valence-corrected chi connectivity index (χ3v) is 2.59. The fraction of sp³-hybridized carbons (Fsp3) is 0.875. The Labute approximate surface area is 67.2 Å². The predicted molar refractivity (Wildman–Crippen MR) is 42.3 cm³/mol. The summed E-state index contributed by atoms with van der Waals surface area (Å²) in [4.78, 5) is 10.8. The van der Waals surface area contributed by atoms with Gasteiger partial charge in [0.1, 0.15) is 0 Å². The van der Waals surface area contributed by atoms with E-state index in [0.29, 0.717) is 4.48 Å². The summed E-state index contributed by atoms with van der Waals surface area (Å²) in [5, 5.41) is 8.86. The van der Waals surface area contributed by atoms with Gasteiger partial charge in [0.25, 0.3) is 0 Å². The van der Waals surface area contributed by atoms with E-state index >= 15 is 0 Å². The number of piperidine rings is 1. The highest BCUT2D eigenvalue weighted by Crippen LogP contribution is 2.21. The third-order valence-electron chi connectivity index (χ3n) is 2.59. The van der Waals surface area contributed by atoms with Crippen molar-refractivity contribution in [3.05, 3.63) is 0 Å². The highest BCUT2D eigenvalue weighted by Gasteiger charge is 2.36. The van der Waals surface area contributed by atoms with E-state index in [1.807, 2.05) is 14.1 Å². The highest BCUT2D eigenvalue weighted by atomic mass is 16.4. The molecule has 3 nitrogen and oxygen atoms in total. The van der Waals surface area contributed by atoms with Gasteiger partial charge in [-0.1, -0.05) is 0 Å². The standard InChI is InChI=1S/C8H15NO2/c1-9(2)6-4-3-5-7(9)8(10)11/h7H,3-6H2,1-2H3/p+1/t7-/m1/s1. The normalized spacial score (nSPS) is 29.8. The summed E-state index contributed by atoms with van der Waals surface area (Å²) in [5.74, 6) is -0.644. The maximum Gasteiger partial charge on any atom is 0.362 e. The van der Waals surface area contributed by atoms with Gasteiger partial charge in [-0.3, -0.25) is 0 Å². The Kier molecular flexibility index (Phi) is 2.18. The molecule has 0 unspecified atom stereocenters. The van der Waals surface area contributed by atoms with Gasteiger partial charge in [-0.15, -0.1) is 0 Å². The van der Waals surface area contributed by atoms with Crippen LogP contribution >= 0.6 is 0 Å². The minimum atomic E-state index is -0.644. The second-order valence-corrected chi connectivity index (χ2v) is 3.85. The zero-order valence-corrected chi connectivity index (χ0v) is 7.21. The van der Waals surface area contributed by atoms with Crippen LogP contribution in [0.5, 0.6) is 0 Å². The van der Waals surface area contributed by atoms with Crippen LogP contribution in [-0.4, -0.2) is 42.2 Å². The molecule has 1 atom stereocenters. The minimum absolute atomic E-state index is 0.177. The number of carboxylic acid groups (broad SMARTS) is 1. The van der Waals surface area contributed by atoms with Gasteiger partial charge in [-0.05, 0) is 12.8 Å². The van der Waals surface area contributed by atoms with Gasteiger partial charge >= 0.3 is 5.97 Å². The molecule has 1 aliphatic heterocycles. The van der Waals surface area contributed by atoms with Crippen molar-refractivity contribution in [2.24, 2.45) is 0 Å². The molecule has 0 aromatic carbocycles. The predicted octanol–water partition coefficient (Wildman–Crippen LogP) is 0.700. The van der Waals surface area contributed by atoms with Crippen LogP contribution in [0.3, 0.4) is 0 Å². The van der Waals surface area contributed by atoms with Crippen molar-refractivity contribution >= 4 is 5.97 Å². The molecule has 1 N–H and O–H groups in total. The summed E-state index contributed by atoms with van der Waals surface area (Å²) in [7, 11) is 4.00. The summed E-state index contributed by atoms with van der Waals surface area (Å²) < 4.78 is 0.648. The number of likely N-dealkylation sites (tertiary alicyclic amines) is 1. The first-order chi connectivity index (χ1) is 5.04. The molecular weight excluding hydrogens is 142 g/mol. The lowest BCUT2D eigenvalue weighted by atomic mass is 10.0. The summed E-state index contributed by atoms with van der Waals surface area (Å²) in [6, 6.07) is -0.177. The molecule has 0 amide bonds. The fourth-order valence-electron chi connectivity index (χ4n) is 1.78. The van der Waals surface area contributed by atoms with E-state index in [2.05, 4.69) is 0 Å². The van der Waals surface area contributed by atoms with Gasteiger partial charge in [-0.25, -0.2) is 4.79 Å². The van der Waals surface area contributed by atoms with Gasteiger partial charge < -0.3 is 9.59 Å². The van der Waals surface area contributed by atoms with Crippen LogP contribution in [0.4, 0.5) is 0 Å². The molecule has 1 heterocycles. The van der Waals surface area contributed by atoms with Crippen molar-refractivity contribution in [2.75, 3.05) is 20.6 Å². The van der Waals surface area contributed by atoms with Crippen LogP contribution in [0.2, 0.25) is 0 Å². The molecule has 0 saturated carbocycles. The first kappa shape index (κ1) is 8.53. The highest BCUT2D eigenvalue weighted by molar-refractivity contribution is 5.72. The molecule has 3 heteroatoms. The summed E-state index contributed by atoms with van der Waals surface area (Å²) in [6.07, 6.45) is 3.07. The van der Waals surface area contributed by atoms with Gasteiger partial charge in [-0.2, -0.15) is 0 Å². The van der Waals surface area contributed by atoms with E-state index in [-0.39, 0.29) is 6.04 Å². The average molecular weight is 158 g/mol. The van der Waals surface area contributed by atoms with Crippen molar-refractivity contribution in [3.63, 3.8) is 0 Å². The van der Waals surface area contributed by atoms with Crippen LogP contribution in [0, 0.1) is 0 Å². The molecule has 64 valence electrons. The number of nitrogens with zero attached hydrogens (tertiary/aromatic N) is 1. The van der Waals surface area contributed by atoms with Gasteiger partial charge in [0.05, 0.1) is 20.6 Å². The van der Waals surface area contributed by atoms with Crippen LogP contribution in [-0.2, 0) is 4.79 Å². The van der Waals surface area contributed by atoms with Gasteiger partial charge in [0, 0.05) is 6.42 Å². The molecule has 0 aromatic heterocycles. The maximum atomic E-state index is 10.8. The molecule has 0 spiro atoms. The van der Waals surface area contributed by atoms with Crippen molar-refractivity contribution in [1.82, 2.24) is 0 Å². The molecule has 0 radical (unpaired) electrons. The summed E-state index contributed by atoms with van der Waals surface area (Å²) >= 11 is 0. The Morgan fingerprint density at radius 1 is 1.45 bits per heavy atom. The average Bonchev–Trinajstić information content (AvgIpc) is 1.85. The van der Waals surface area contributed by atoms with E-state index in [0.717, 1.165) is 25.8 Å². The zero-order chi connectivity index (χ0) is 8.48. The van der Waals surface area contributed by atoms with E-state index in [1.54, 1.807) is 0 Å². The molecule has 0 aromatic rings. The Morgan fingerprint density at radius 3 is 2.45 bits per heavy atom. The number of rotatable bonds is 1. The van der Waals surface area contributed by atoms with E-state index in [1.165, 1.54) is 0 Å². The molecule has 11 heavy (non-hydrogen) atoms. The number of carboxylic acids is 1. The first-order valence-corrected chi connectivity index (χ1v) is 4.09. The van der Waals surface area contributed by atoms with Crippen LogP contribution in [0.15, 0.2) is 0 Å². The number of aliphatic carboxylic acids is 1. The maximum absolute atomic E-state index is 10.8. The van der Waals surface area contributed by atoms with E-state index in [4.69, 9.17) is 5.11 Å². The van der Waals surface area contributed by atoms with Crippen molar-refractivity contribution in [1.29, 1.82) is 0 Å². The molecule has 1 fully saturated rings. The van der Waals surface area contributed by atoms with Crippen molar-refractivity contribution in [3.8, 4) is 0 Å². The smallest absolute Gasteiger partial charge is 0.362 e. The molecule has 1 aliphatic rings. The number of carbonyl (C=O) groups is 1. The number of likely N-dealkylation sites (N-methyl/N-ethyl adjacent to an activating group) is 1. The molecule has 1 saturated heterocycles. The van der Waals surface area contributed by atoms with Gasteiger partial charge in [0.2, 0.25) is 0 Å². The van der Waals surface area contributed by atoms with E-state index in [9.17, 15) is 4.79 Å². The first-order valence-electron chi connectivity index (χ1n) is 4.09.